The van der Waals surface area contributed by atoms with Gasteiger partial charge in [-0.25, -0.2) is 13.4 Å². The lowest BCUT2D eigenvalue weighted by Gasteiger charge is -2.23. The SMILES string of the molecule is COCCS(=O)(=O)N(Cc1ncc(-c2nnc(C(F)F)o2)s1)c1cncc(Cl)c1. The Labute approximate surface area is 173 Å². The third-order valence-electron chi connectivity index (χ3n) is 3.53. The quantitative estimate of drug-likeness (QED) is 0.473. The van der Waals surface area contributed by atoms with Gasteiger partial charge in [0.15, 0.2) is 0 Å². The Morgan fingerprint density at radius 1 is 1.31 bits per heavy atom. The number of sulfonamides is 1. The molecule has 0 fully saturated rings. The second kappa shape index (κ2) is 9.07. The first-order valence-corrected chi connectivity index (χ1v) is 10.8. The van der Waals surface area contributed by atoms with Gasteiger partial charge in [-0.1, -0.05) is 11.6 Å². The number of hydrogen-bond donors (Lipinski definition) is 0. The van der Waals surface area contributed by atoms with Gasteiger partial charge in [0.25, 0.3) is 11.8 Å². The predicted molar refractivity (Wildman–Crippen MR) is 101 cm³/mol. The van der Waals surface area contributed by atoms with Gasteiger partial charge in [0.1, 0.15) is 9.88 Å². The molecule has 0 spiro atoms. The zero-order chi connectivity index (χ0) is 21.0. The van der Waals surface area contributed by atoms with E-state index in [-0.39, 0.29) is 35.5 Å². The van der Waals surface area contributed by atoms with Crippen LogP contribution in [0.25, 0.3) is 10.8 Å². The maximum absolute atomic E-state index is 12.8. The van der Waals surface area contributed by atoms with E-state index in [0.29, 0.717) is 9.88 Å². The van der Waals surface area contributed by atoms with Crippen molar-refractivity contribution in [3.8, 4) is 10.8 Å². The van der Waals surface area contributed by atoms with Crippen molar-refractivity contribution >= 4 is 38.6 Å². The van der Waals surface area contributed by atoms with Gasteiger partial charge >= 0.3 is 6.43 Å². The Kier molecular flexibility index (Phi) is 6.72. The molecule has 0 unspecified atom stereocenters. The molecule has 0 radical (unpaired) electrons. The number of methoxy groups -OCH3 is 1. The number of pyridine rings is 1. The van der Waals surface area contributed by atoms with Crippen molar-refractivity contribution < 1.29 is 26.4 Å². The van der Waals surface area contributed by atoms with Crippen LogP contribution in [-0.4, -0.2) is 48.1 Å². The summed E-state index contributed by atoms with van der Waals surface area (Å²) in [6.07, 6.45) is 1.19. The highest BCUT2D eigenvalue weighted by Gasteiger charge is 2.25. The van der Waals surface area contributed by atoms with E-state index >= 15 is 0 Å². The summed E-state index contributed by atoms with van der Waals surface area (Å²) >= 11 is 6.98. The Balaban J connectivity index is 1.89. The molecule has 9 nitrogen and oxygen atoms in total. The van der Waals surface area contributed by atoms with E-state index in [1.165, 1.54) is 31.8 Å². The molecule has 0 aliphatic carbocycles. The molecule has 0 aromatic carbocycles. The van der Waals surface area contributed by atoms with E-state index < -0.39 is 22.3 Å². The van der Waals surface area contributed by atoms with Gasteiger partial charge in [-0.2, -0.15) is 8.78 Å². The van der Waals surface area contributed by atoms with Crippen molar-refractivity contribution in [1.82, 2.24) is 20.2 Å². The molecule has 0 saturated carbocycles. The molecule has 29 heavy (non-hydrogen) atoms. The van der Waals surface area contributed by atoms with Crippen molar-refractivity contribution in [2.24, 2.45) is 0 Å². The summed E-state index contributed by atoms with van der Waals surface area (Å²) in [7, 11) is -2.39. The summed E-state index contributed by atoms with van der Waals surface area (Å²) in [5.41, 5.74) is 0.253. The molecule has 0 atom stereocenters. The first-order valence-electron chi connectivity index (χ1n) is 7.96. The number of hydrogen-bond acceptors (Lipinski definition) is 9. The van der Waals surface area contributed by atoms with Crippen molar-refractivity contribution in [2.45, 2.75) is 13.0 Å². The fourth-order valence-corrected chi connectivity index (χ4v) is 4.63. The molecule has 156 valence electrons. The first-order chi connectivity index (χ1) is 13.8. The van der Waals surface area contributed by atoms with E-state index in [0.717, 1.165) is 15.6 Å². The molecule has 0 N–H and O–H groups in total. The number of nitrogens with zero attached hydrogens (tertiary/aromatic N) is 5. The number of aromatic nitrogens is 4. The van der Waals surface area contributed by atoms with Crippen LogP contribution >= 0.6 is 22.9 Å². The third-order valence-corrected chi connectivity index (χ3v) is 6.40. The number of halogens is 3. The first kappa shape index (κ1) is 21.5. The van der Waals surface area contributed by atoms with Crippen LogP contribution in [0.1, 0.15) is 17.3 Å². The number of rotatable bonds is 9. The second-order valence-corrected chi connectivity index (χ2v) is 9.11. The van der Waals surface area contributed by atoms with Crippen LogP contribution in [0.3, 0.4) is 0 Å². The van der Waals surface area contributed by atoms with Gasteiger partial charge in [-0.3, -0.25) is 9.29 Å². The highest BCUT2D eigenvalue weighted by atomic mass is 35.5. The summed E-state index contributed by atoms with van der Waals surface area (Å²) < 4.78 is 61.7. The predicted octanol–water partition coefficient (Wildman–Crippen LogP) is 3.16. The van der Waals surface area contributed by atoms with Gasteiger partial charge in [-0.05, 0) is 6.07 Å². The minimum absolute atomic E-state index is 0.00562. The molecule has 3 heterocycles. The summed E-state index contributed by atoms with van der Waals surface area (Å²) in [6, 6.07) is 1.46. The van der Waals surface area contributed by atoms with E-state index in [2.05, 4.69) is 20.2 Å². The molecule has 0 aliphatic heterocycles. The van der Waals surface area contributed by atoms with Crippen molar-refractivity contribution in [3.05, 3.63) is 40.6 Å². The molecule has 0 amide bonds. The van der Waals surface area contributed by atoms with Gasteiger partial charge in [-0.15, -0.1) is 21.5 Å². The molecule has 0 saturated heterocycles. The smallest absolute Gasteiger partial charge is 0.314 e. The highest BCUT2D eigenvalue weighted by molar-refractivity contribution is 7.92. The molecule has 3 aromatic rings. The fraction of sp³-hybridized carbons (Fsp3) is 0.333. The van der Waals surface area contributed by atoms with Crippen molar-refractivity contribution in [2.75, 3.05) is 23.8 Å². The number of anilines is 1. The third kappa shape index (κ3) is 5.23. The number of alkyl halides is 2. The molecule has 3 aromatic heterocycles. The summed E-state index contributed by atoms with van der Waals surface area (Å²) in [4.78, 5) is 8.39. The zero-order valence-corrected chi connectivity index (χ0v) is 17.2. The maximum atomic E-state index is 12.8. The molecule has 0 aliphatic rings. The summed E-state index contributed by atoms with van der Waals surface area (Å²) in [5, 5.41) is 7.46. The Morgan fingerprint density at radius 2 is 2.10 bits per heavy atom. The van der Waals surface area contributed by atoms with Crippen LogP contribution in [0.15, 0.2) is 29.1 Å². The Morgan fingerprint density at radius 3 is 2.76 bits per heavy atom. The largest absolute Gasteiger partial charge is 0.414 e. The lowest BCUT2D eigenvalue weighted by atomic mass is 10.4. The van der Waals surface area contributed by atoms with Crippen molar-refractivity contribution in [3.63, 3.8) is 0 Å². The van der Waals surface area contributed by atoms with Crippen LogP contribution < -0.4 is 4.31 Å². The van der Waals surface area contributed by atoms with E-state index in [9.17, 15) is 17.2 Å². The van der Waals surface area contributed by atoms with E-state index in [1.54, 1.807) is 0 Å². The number of thiazole rings is 1. The number of ether oxygens (including phenoxy) is 1. The fourth-order valence-electron chi connectivity index (χ4n) is 2.21. The maximum Gasteiger partial charge on any atom is 0.314 e. The van der Waals surface area contributed by atoms with Crippen LogP contribution in [0, 0.1) is 0 Å². The Hall–Kier alpha value is -2.22. The lowest BCUT2D eigenvalue weighted by Crippen LogP contribution is -2.34. The van der Waals surface area contributed by atoms with Crippen molar-refractivity contribution in [1.29, 1.82) is 0 Å². The second-order valence-electron chi connectivity index (χ2n) is 5.54. The summed E-state index contributed by atoms with van der Waals surface area (Å²) in [6.45, 7) is -0.136. The van der Waals surface area contributed by atoms with Crippen LogP contribution in [0.2, 0.25) is 5.02 Å². The van der Waals surface area contributed by atoms with Gasteiger partial charge in [0.05, 0.1) is 42.0 Å². The normalized spacial score (nSPS) is 11.9. The molecule has 0 bridgehead atoms. The van der Waals surface area contributed by atoms with E-state index in [1.807, 2.05) is 0 Å². The summed E-state index contributed by atoms with van der Waals surface area (Å²) in [5.74, 6) is -1.19. The zero-order valence-electron chi connectivity index (χ0n) is 14.8. The van der Waals surface area contributed by atoms with Gasteiger partial charge < -0.3 is 9.15 Å². The highest BCUT2D eigenvalue weighted by Crippen LogP contribution is 2.30. The molecular weight excluding hydrogens is 452 g/mol. The average molecular weight is 466 g/mol. The molecule has 3 rings (SSSR count). The average Bonchev–Trinajstić information content (AvgIpc) is 3.33. The van der Waals surface area contributed by atoms with Crippen LogP contribution in [-0.2, 0) is 21.3 Å². The standard InChI is InChI=1S/C15H14ClF2N5O4S2/c1-26-2-3-29(24,25)23(10-4-9(16)5-19-6-10)8-12-20-7-11(28-12)14-21-22-15(27-14)13(17)18/h4-7,13H,2-3,8H2,1H3. The minimum atomic E-state index is -3.79. The van der Waals surface area contributed by atoms with Gasteiger partial charge in [0, 0.05) is 13.3 Å². The monoisotopic (exact) mass is 465 g/mol. The van der Waals surface area contributed by atoms with Gasteiger partial charge in [0.2, 0.25) is 10.0 Å². The minimum Gasteiger partial charge on any atom is -0.414 e. The van der Waals surface area contributed by atoms with E-state index in [4.69, 9.17) is 20.8 Å². The topological polar surface area (TPSA) is 111 Å². The van der Waals surface area contributed by atoms with Crippen LogP contribution in [0.4, 0.5) is 14.5 Å². The molecular formula is C15H14ClF2N5O4S2. The lowest BCUT2D eigenvalue weighted by molar-refractivity contribution is 0.116. The Bertz CT molecular complexity index is 1080. The van der Waals surface area contributed by atoms with Crippen LogP contribution in [0.5, 0.6) is 0 Å². The molecule has 14 heteroatoms.